The molecule has 0 saturated heterocycles. The maximum absolute atomic E-state index is 12.1. The van der Waals surface area contributed by atoms with Crippen LogP contribution >= 0.6 is 0 Å². The molecule has 0 aromatic heterocycles. The van der Waals surface area contributed by atoms with Gasteiger partial charge in [-0.3, -0.25) is 9.59 Å². The Hall–Kier alpha value is -1.62. The number of allylic oxidation sites excluding steroid dienone is 4. The topological polar surface area (TPSA) is 78.6 Å². The minimum atomic E-state index is -0.757. The predicted molar refractivity (Wildman–Crippen MR) is 198 cm³/mol. The van der Waals surface area contributed by atoms with Gasteiger partial charge in [0.1, 0.15) is 6.04 Å². The molecule has 0 saturated carbocycles. The Morgan fingerprint density at radius 3 is 1.20 bits per heavy atom. The number of carbonyl (C=O) groups is 2. The number of esters is 2. The Morgan fingerprint density at radius 2 is 0.804 bits per heavy atom. The Morgan fingerprint density at radius 1 is 0.478 bits per heavy atom. The molecule has 1 atom stereocenters. The molecule has 0 aliphatic heterocycles. The van der Waals surface area contributed by atoms with Crippen molar-refractivity contribution in [3.8, 4) is 0 Å². The van der Waals surface area contributed by atoms with Crippen LogP contribution in [-0.4, -0.2) is 31.2 Å². The number of carbonyl (C=O) groups excluding carboxylic acids is 2. The van der Waals surface area contributed by atoms with Gasteiger partial charge in [-0.15, -0.1) is 0 Å². The molecule has 5 heteroatoms. The highest BCUT2D eigenvalue weighted by Gasteiger charge is 2.17. The summed E-state index contributed by atoms with van der Waals surface area (Å²) in [7, 11) is 0. The van der Waals surface area contributed by atoms with Crippen LogP contribution in [0.15, 0.2) is 24.3 Å². The van der Waals surface area contributed by atoms with E-state index in [1.54, 1.807) is 0 Å². The van der Waals surface area contributed by atoms with Crippen LogP contribution in [0, 0.1) is 0 Å². The van der Waals surface area contributed by atoms with Crippen LogP contribution in [0.4, 0.5) is 0 Å². The predicted octanol–water partition coefficient (Wildman–Crippen LogP) is 12.3. The lowest BCUT2D eigenvalue weighted by molar-refractivity contribution is -0.146. The van der Waals surface area contributed by atoms with Crippen LogP contribution in [0.25, 0.3) is 0 Å². The second kappa shape index (κ2) is 37.8. The van der Waals surface area contributed by atoms with Gasteiger partial charge in [-0.2, -0.15) is 0 Å². The van der Waals surface area contributed by atoms with Gasteiger partial charge in [0.2, 0.25) is 0 Å². The molecule has 0 aliphatic carbocycles. The molecule has 0 rings (SSSR count). The molecule has 0 unspecified atom stereocenters. The zero-order valence-electron chi connectivity index (χ0n) is 30.7. The maximum Gasteiger partial charge on any atom is 0.322 e. The maximum atomic E-state index is 12.1. The third-order valence-electron chi connectivity index (χ3n) is 8.78. The number of rotatable bonds is 36. The zero-order valence-corrected chi connectivity index (χ0v) is 30.7. The molecule has 0 spiro atoms. The van der Waals surface area contributed by atoms with Gasteiger partial charge in [0.25, 0.3) is 0 Å². The smallest absolute Gasteiger partial charge is 0.322 e. The van der Waals surface area contributed by atoms with Gasteiger partial charge in [-0.1, -0.05) is 154 Å². The van der Waals surface area contributed by atoms with E-state index in [0.29, 0.717) is 13.2 Å². The summed E-state index contributed by atoms with van der Waals surface area (Å²) in [6.45, 7) is 5.40. The Labute approximate surface area is 286 Å². The molecular weight excluding hydrogens is 570 g/mol. The van der Waals surface area contributed by atoms with Crippen LogP contribution in [0.1, 0.15) is 206 Å². The SMILES string of the molecule is CCCCCCCCC=CCCCCCCCCOC(=O)CC[C@H](N)C(=O)OCCCCCCCCC=CCCCCCCCC. The summed E-state index contributed by atoms with van der Waals surface area (Å²) in [5.74, 6) is -0.682. The molecule has 270 valence electrons. The van der Waals surface area contributed by atoms with Gasteiger partial charge in [-0.25, -0.2) is 0 Å². The van der Waals surface area contributed by atoms with Gasteiger partial charge in [-0.05, 0) is 70.6 Å². The lowest BCUT2D eigenvalue weighted by Gasteiger charge is -2.11. The summed E-state index contributed by atoms with van der Waals surface area (Å²) in [4.78, 5) is 24.1. The first-order valence-corrected chi connectivity index (χ1v) is 20.0. The van der Waals surface area contributed by atoms with Crippen LogP contribution in [0.2, 0.25) is 0 Å². The molecular formula is C41H77NO4. The van der Waals surface area contributed by atoms with Gasteiger partial charge in [0, 0.05) is 6.42 Å². The highest BCUT2D eigenvalue weighted by molar-refractivity contribution is 5.77. The Balaban J connectivity index is 3.44. The highest BCUT2D eigenvalue weighted by Crippen LogP contribution is 2.12. The van der Waals surface area contributed by atoms with Gasteiger partial charge >= 0.3 is 11.9 Å². The minimum absolute atomic E-state index is 0.164. The molecule has 2 N–H and O–H groups in total. The van der Waals surface area contributed by atoms with Crippen molar-refractivity contribution in [2.24, 2.45) is 5.73 Å². The quantitative estimate of drug-likeness (QED) is 0.0416. The fourth-order valence-electron chi connectivity index (χ4n) is 5.63. The first-order valence-electron chi connectivity index (χ1n) is 20.0. The Kier molecular flexibility index (Phi) is 36.5. The average Bonchev–Trinajstić information content (AvgIpc) is 3.06. The van der Waals surface area contributed by atoms with Crippen molar-refractivity contribution in [1.82, 2.24) is 0 Å². The molecule has 0 amide bonds. The molecule has 0 bridgehead atoms. The van der Waals surface area contributed by atoms with E-state index in [2.05, 4.69) is 38.2 Å². The number of hydrogen-bond donors (Lipinski definition) is 1. The lowest BCUT2D eigenvalue weighted by Crippen LogP contribution is -2.33. The van der Waals surface area contributed by atoms with Crippen molar-refractivity contribution in [3.63, 3.8) is 0 Å². The molecule has 0 aromatic rings. The van der Waals surface area contributed by atoms with Crippen LogP contribution in [0.5, 0.6) is 0 Å². The number of unbranched alkanes of at least 4 members (excludes halogenated alkanes) is 24. The van der Waals surface area contributed by atoms with Crippen molar-refractivity contribution < 1.29 is 19.1 Å². The second-order valence-electron chi connectivity index (χ2n) is 13.4. The Bertz CT molecular complexity index is 705. The van der Waals surface area contributed by atoms with E-state index < -0.39 is 12.0 Å². The average molecular weight is 648 g/mol. The van der Waals surface area contributed by atoms with E-state index in [9.17, 15) is 9.59 Å². The highest BCUT2D eigenvalue weighted by atomic mass is 16.5. The van der Waals surface area contributed by atoms with E-state index in [1.165, 1.54) is 154 Å². The van der Waals surface area contributed by atoms with Gasteiger partial charge in [0.15, 0.2) is 0 Å². The largest absolute Gasteiger partial charge is 0.466 e. The molecule has 5 nitrogen and oxygen atoms in total. The first kappa shape index (κ1) is 44.4. The molecule has 0 heterocycles. The fraction of sp³-hybridized carbons (Fsp3) is 0.854. The standard InChI is InChI=1S/C41H77NO4/c1-3-5-7-9-11-13-15-17-19-21-23-25-27-29-31-33-37-45-40(43)36-35-39(42)41(44)46-38-34-32-30-28-26-24-22-20-18-16-14-12-10-8-6-4-2/h17-20,39H,3-16,21-38,42H2,1-2H3/t39-/m0/s1. The summed E-state index contributed by atoms with van der Waals surface area (Å²) in [6, 6.07) is -0.757. The third kappa shape index (κ3) is 35.2. The summed E-state index contributed by atoms with van der Waals surface area (Å²) in [5.41, 5.74) is 5.94. The zero-order chi connectivity index (χ0) is 33.6. The van der Waals surface area contributed by atoms with Gasteiger partial charge < -0.3 is 15.2 Å². The van der Waals surface area contributed by atoms with Gasteiger partial charge in [0.05, 0.1) is 13.2 Å². The molecule has 0 fully saturated rings. The van der Waals surface area contributed by atoms with Crippen LogP contribution in [-0.2, 0) is 19.1 Å². The van der Waals surface area contributed by atoms with Crippen molar-refractivity contribution in [2.45, 2.75) is 213 Å². The fourth-order valence-corrected chi connectivity index (χ4v) is 5.63. The van der Waals surface area contributed by atoms with E-state index in [-0.39, 0.29) is 18.8 Å². The van der Waals surface area contributed by atoms with E-state index in [1.807, 2.05) is 0 Å². The van der Waals surface area contributed by atoms with Crippen molar-refractivity contribution in [2.75, 3.05) is 13.2 Å². The van der Waals surface area contributed by atoms with E-state index in [0.717, 1.165) is 25.7 Å². The van der Waals surface area contributed by atoms with E-state index >= 15 is 0 Å². The monoisotopic (exact) mass is 648 g/mol. The number of nitrogens with two attached hydrogens (primary N) is 1. The lowest BCUT2D eigenvalue weighted by atomic mass is 10.1. The number of hydrogen-bond acceptors (Lipinski definition) is 5. The van der Waals surface area contributed by atoms with Crippen LogP contribution in [0.3, 0.4) is 0 Å². The summed E-state index contributed by atoms with van der Waals surface area (Å²) >= 11 is 0. The van der Waals surface area contributed by atoms with Crippen molar-refractivity contribution in [3.05, 3.63) is 24.3 Å². The molecule has 0 aromatic carbocycles. The number of ether oxygens (including phenoxy) is 2. The third-order valence-corrected chi connectivity index (χ3v) is 8.78. The molecule has 0 aliphatic rings. The summed E-state index contributed by atoms with van der Waals surface area (Å²) in [5, 5.41) is 0. The summed E-state index contributed by atoms with van der Waals surface area (Å²) in [6.07, 6.45) is 45.0. The van der Waals surface area contributed by atoms with Crippen LogP contribution < -0.4 is 5.73 Å². The minimum Gasteiger partial charge on any atom is -0.466 e. The van der Waals surface area contributed by atoms with E-state index in [4.69, 9.17) is 15.2 Å². The normalized spacial score (nSPS) is 12.3. The van der Waals surface area contributed by atoms with Crippen molar-refractivity contribution >= 4 is 11.9 Å². The van der Waals surface area contributed by atoms with Crippen molar-refractivity contribution in [1.29, 1.82) is 0 Å². The molecule has 46 heavy (non-hydrogen) atoms. The second-order valence-corrected chi connectivity index (χ2v) is 13.4. The first-order chi connectivity index (χ1) is 22.6. The molecule has 0 radical (unpaired) electrons. The summed E-state index contributed by atoms with van der Waals surface area (Å²) < 4.78 is 10.7.